The molecule has 0 bridgehead atoms. The van der Waals surface area contributed by atoms with Gasteiger partial charge in [0.2, 0.25) is 0 Å². The van der Waals surface area contributed by atoms with Crippen molar-refractivity contribution in [3.05, 3.63) is 29.3 Å². The van der Waals surface area contributed by atoms with Gasteiger partial charge in [-0.15, -0.1) is 0 Å². The molecule has 1 unspecified atom stereocenters. The summed E-state index contributed by atoms with van der Waals surface area (Å²) in [5, 5.41) is 0.812. The van der Waals surface area contributed by atoms with Crippen LogP contribution in [0.15, 0.2) is 18.2 Å². The molecule has 0 saturated heterocycles. The number of hydrogen-bond acceptors (Lipinski definition) is 4. The second-order valence-electron chi connectivity index (χ2n) is 5.20. The van der Waals surface area contributed by atoms with Crippen molar-refractivity contribution in [2.24, 2.45) is 5.84 Å². The van der Waals surface area contributed by atoms with Crippen molar-refractivity contribution in [2.75, 3.05) is 12.9 Å². The van der Waals surface area contributed by atoms with E-state index in [1.54, 1.807) is 7.11 Å². The average Bonchev–Trinajstić information content (AvgIpc) is 2.93. The predicted octanol–water partition coefficient (Wildman–Crippen LogP) is 3.18. The minimum absolute atomic E-state index is 0.153. The lowest BCUT2D eigenvalue weighted by Gasteiger charge is -2.21. The summed E-state index contributed by atoms with van der Waals surface area (Å²) in [4.78, 5) is 0. The maximum atomic E-state index is 5.74. The lowest BCUT2D eigenvalue weighted by Crippen LogP contribution is -2.30. The summed E-state index contributed by atoms with van der Waals surface area (Å²) in [6.07, 6.45) is 5.47. The molecule has 2 rings (SSSR count). The number of ether oxygens (including phenoxy) is 1. The summed E-state index contributed by atoms with van der Waals surface area (Å²) >= 11 is 2.04. The molecule has 0 aliphatic heterocycles. The summed E-state index contributed by atoms with van der Waals surface area (Å²) in [6, 6.07) is 6.41. The van der Waals surface area contributed by atoms with Gasteiger partial charge < -0.3 is 4.74 Å². The summed E-state index contributed by atoms with van der Waals surface area (Å²) < 4.78 is 5.45. The van der Waals surface area contributed by atoms with Crippen LogP contribution in [0.1, 0.15) is 42.9 Å². The Balaban J connectivity index is 2.05. The maximum absolute atomic E-state index is 5.74. The SMILES string of the molecule is COc1ccc(C)cc1C(CSC1CCCC1)NN. The molecular weight excluding hydrogens is 256 g/mol. The quantitative estimate of drug-likeness (QED) is 0.620. The lowest BCUT2D eigenvalue weighted by molar-refractivity contribution is 0.402. The summed E-state index contributed by atoms with van der Waals surface area (Å²) in [5.41, 5.74) is 5.34. The van der Waals surface area contributed by atoms with Crippen LogP contribution in [-0.4, -0.2) is 18.1 Å². The van der Waals surface area contributed by atoms with Gasteiger partial charge in [0.15, 0.2) is 0 Å². The molecule has 1 aliphatic carbocycles. The number of benzene rings is 1. The highest BCUT2D eigenvalue weighted by atomic mass is 32.2. The first-order chi connectivity index (χ1) is 9.24. The Morgan fingerprint density at radius 2 is 2.16 bits per heavy atom. The summed E-state index contributed by atoms with van der Waals surface area (Å²) in [7, 11) is 1.71. The molecule has 1 fully saturated rings. The molecule has 1 aliphatic rings. The van der Waals surface area contributed by atoms with Crippen molar-refractivity contribution in [1.82, 2.24) is 5.43 Å². The fraction of sp³-hybridized carbons (Fsp3) is 0.600. The number of hydrazine groups is 1. The fourth-order valence-electron chi connectivity index (χ4n) is 2.64. The molecule has 0 spiro atoms. The molecule has 0 heterocycles. The lowest BCUT2D eigenvalue weighted by atomic mass is 10.0. The van der Waals surface area contributed by atoms with E-state index in [1.165, 1.54) is 31.2 Å². The molecule has 19 heavy (non-hydrogen) atoms. The third kappa shape index (κ3) is 3.88. The summed E-state index contributed by atoms with van der Waals surface area (Å²) in [5.74, 6) is 7.66. The predicted molar refractivity (Wildman–Crippen MR) is 82.5 cm³/mol. The first-order valence-corrected chi connectivity index (χ1v) is 8.01. The molecule has 0 radical (unpaired) electrons. The number of rotatable bonds is 6. The Morgan fingerprint density at radius 3 is 2.79 bits per heavy atom. The van der Waals surface area contributed by atoms with Gasteiger partial charge in [-0.25, -0.2) is 0 Å². The highest BCUT2D eigenvalue weighted by molar-refractivity contribution is 7.99. The van der Waals surface area contributed by atoms with E-state index in [0.29, 0.717) is 0 Å². The maximum Gasteiger partial charge on any atom is 0.123 e. The molecular formula is C15H24N2OS. The van der Waals surface area contributed by atoms with E-state index in [2.05, 4.69) is 24.5 Å². The molecule has 3 nitrogen and oxygen atoms in total. The fourth-order valence-corrected chi connectivity index (χ4v) is 4.05. The van der Waals surface area contributed by atoms with Gasteiger partial charge in [-0.05, 0) is 25.8 Å². The Labute approximate surface area is 120 Å². The number of thioether (sulfide) groups is 1. The van der Waals surface area contributed by atoms with Crippen molar-refractivity contribution in [2.45, 2.75) is 43.9 Å². The Kier molecular flexibility index (Phi) is 5.55. The van der Waals surface area contributed by atoms with Gasteiger partial charge in [0.05, 0.1) is 13.2 Å². The normalized spacial score (nSPS) is 17.6. The van der Waals surface area contributed by atoms with Crippen molar-refractivity contribution in [1.29, 1.82) is 0 Å². The van der Waals surface area contributed by atoms with Crippen LogP contribution in [0.2, 0.25) is 0 Å². The zero-order valence-electron chi connectivity index (χ0n) is 11.8. The largest absolute Gasteiger partial charge is 0.496 e. The molecule has 1 aromatic carbocycles. The highest BCUT2D eigenvalue weighted by Gasteiger charge is 2.20. The molecule has 4 heteroatoms. The standard InChI is InChI=1S/C15H24N2OS/c1-11-7-8-15(18-2)13(9-11)14(17-16)10-19-12-5-3-4-6-12/h7-9,12,14,17H,3-6,10,16H2,1-2H3. The number of methoxy groups -OCH3 is 1. The highest BCUT2D eigenvalue weighted by Crippen LogP contribution is 2.34. The first-order valence-electron chi connectivity index (χ1n) is 6.97. The van der Waals surface area contributed by atoms with E-state index in [1.807, 2.05) is 17.8 Å². The van der Waals surface area contributed by atoms with Gasteiger partial charge in [-0.2, -0.15) is 11.8 Å². The van der Waals surface area contributed by atoms with E-state index in [9.17, 15) is 0 Å². The zero-order chi connectivity index (χ0) is 13.7. The average molecular weight is 280 g/mol. The van der Waals surface area contributed by atoms with Crippen LogP contribution in [0, 0.1) is 6.92 Å². The van der Waals surface area contributed by atoms with E-state index < -0.39 is 0 Å². The van der Waals surface area contributed by atoms with Crippen LogP contribution in [0.5, 0.6) is 5.75 Å². The smallest absolute Gasteiger partial charge is 0.123 e. The second-order valence-corrected chi connectivity index (χ2v) is 6.54. The van der Waals surface area contributed by atoms with Gasteiger partial charge in [-0.1, -0.05) is 30.5 Å². The Hall–Kier alpha value is -0.710. The molecule has 1 aromatic rings. The van der Waals surface area contributed by atoms with Gasteiger partial charge in [0, 0.05) is 16.6 Å². The van der Waals surface area contributed by atoms with E-state index in [0.717, 1.165) is 22.3 Å². The van der Waals surface area contributed by atoms with Crippen molar-refractivity contribution < 1.29 is 4.74 Å². The topological polar surface area (TPSA) is 47.3 Å². The van der Waals surface area contributed by atoms with Crippen LogP contribution >= 0.6 is 11.8 Å². The van der Waals surface area contributed by atoms with Crippen LogP contribution in [0.3, 0.4) is 0 Å². The minimum atomic E-state index is 0.153. The van der Waals surface area contributed by atoms with Crippen molar-refractivity contribution in [3.63, 3.8) is 0 Å². The monoisotopic (exact) mass is 280 g/mol. The number of nitrogens with one attached hydrogen (secondary N) is 1. The molecule has 106 valence electrons. The zero-order valence-corrected chi connectivity index (χ0v) is 12.6. The third-order valence-electron chi connectivity index (χ3n) is 3.76. The van der Waals surface area contributed by atoms with E-state index >= 15 is 0 Å². The number of hydrogen-bond donors (Lipinski definition) is 2. The van der Waals surface area contributed by atoms with Crippen LogP contribution in [0.25, 0.3) is 0 Å². The Morgan fingerprint density at radius 1 is 1.42 bits per heavy atom. The van der Waals surface area contributed by atoms with Crippen LogP contribution in [0.4, 0.5) is 0 Å². The van der Waals surface area contributed by atoms with Gasteiger partial charge in [0.1, 0.15) is 5.75 Å². The van der Waals surface area contributed by atoms with E-state index in [4.69, 9.17) is 10.6 Å². The van der Waals surface area contributed by atoms with Crippen LogP contribution < -0.4 is 16.0 Å². The molecule has 0 amide bonds. The van der Waals surface area contributed by atoms with Gasteiger partial charge in [0.25, 0.3) is 0 Å². The third-order valence-corrected chi connectivity index (χ3v) is 5.23. The van der Waals surface area contributed by atoms with Gasteiger partial charge in [-0.3, -0.25) is 11.3 Å². The van der Waals surface area contributed by atoms with Crippen LogP contribution in [-0.2, 0) is 0 Å². The van der Waals surface area contributed by atoms with E-state index in [-0.39, 0.29) is 6.04 Å². The van der Waals surface area contributed by atoms with Crippen molar-refractivity contribution in [3.8, 4) is 5.75 Å². The molecule has 0 aromatic heterocycles. The number of nitrogens with two attached hydrogens (primary N) is 1. The second kappa shape index (κ2) is 7.17. The number of aryl methyl sites for hydroxylation is 1. The van der Waals surface area contributed by atoms with Crippen molar-refractivity contribution >= 4 is 11.8 Å². The van der Waals surface area contributed by atoms with Gasteiger partial charge >= 0.3 is 0 Å². The molecule has 1 saturated carbocycles. The molecule has 1 atom stereocenters. The summed E-state index contributed by atoms with van der Waals surface area (Å²) in [6.45, 7) is 2.10. The molecule has 3 N–H and O–H groups in total. The minimum Gasteiger partial charge on any atom is -0.496 e. The first kappa shape index (κ1) is 14.7. The Bertz CT molecular complexity index is 405.